The van der Waals surface area contributed by atoms with Crippen molar-refractivity contribution < 1.29 is 14.7 Å². The number of nitrogens with one attached hydrogen (secondary N) is 2. The van der Waals surface area contributed by atoms with Gasteiger partial charge in [0, 0.05) is 19.4 Å². The molecule has 0 aliphatic carbocycles. The van der Waals surface area contributed by atoms with E-state index in [1.54, 1.807) is 13.8 Å². The van der Waals surface area contributed by atoms with Crippen LogP contribution in [0.15, 0.2) is 0 Å². The molecule has 3 N–H and O–H groups in total. The van der Waals surface area contributed by atoms with E-state index in [1.165, 1.54) is 0 Å². The largest absolute Gasteiger partial charge is 0.394 e. The van der Waals surface area contributed by atoms with Crippen molar-refractivity contribution in [1.82, 2.24) is 10.6 Å². The summed E-state index contributed by atoms with van der Waals surface area (Å²) in [5, 5.41) is 14.3. The summed E-state index contributed by atoms with van der Waals surface area (Å²) in [6, 6.07) is 0. The molecule has 0 aliphatic heterocycles. The maximum Gasteiger partial charge on any atom is 0.221 e. The second kappa shape index (κ2) is 7.22. The quantitative estimate of drug-likeness (QED) is 0.584. The van der Waals surface area contributed by atoms with Gasteiger partial charge in [0.1, 0.15) is 0 Å². The Labute approximate surface area is 96.6 Å². The van der Waals surface area contributed by atoms with Gasteiger partial charge in [0.15, 0.2) is 0 Å². The Morgan fingerprint density at radius 2 is 1.75 bits per heavy atom. The zero-order valence-electron chi connectivity index (χ0n) is 10.3. The van der Waals surface area contributed by atoms with Crippen LogP contribution in [-0.2, 0) is 9.59 Å². The molecule has 0 saturated carbocycles. The van der Waals surface area contributed by atoms with Crippen LogP contribution in [0, 0.1) is 0 Å². The lowest BCUT2D eigenvalue weighted by Gasteiger charge is -2.23. The van der Waals surface area contributed by atoms with Gasteiger partial charge in [-0.25, -0.2) is 0 Å². The van der Waals surface area contributed by atoms with Crippen molar-refractivity contribution in [2.24, 2.45) is 0 Å². The minimum absolute atomic E-state index is 0.112. The maximum absolute atomic E-state index is 11.4. The molecule has 5 heteroatoms. The first-order valence-corrected chi connectivity index (χ1v) is 5.60. The molecule has 2 amide bonds. The van der Waals surface area contributed by atoms with Gasteiger partial charge in [-0.15, -0.1) is 0 Å². The zero-order valence-corrected chi connectivity index (χ0v) is 10.3. The summed E-state index contributed by atoms with van der Waals surface area (Å²) in [6.07, 6.45) is 1.22. The van der Waals surface area contributed by atoms with Crippen LogP contribution in [0.5, 0.6) is 0 Å². The minimum atomic E-state index is -0.628. The molecule has 94 valence electrons. The van der Waals surface area contributed by atoms with Gasteiger partial charge in [-0.2, -0.15) is 0 Å². The molecule has 0 aliphatic rings. The summed E-state index contributed by atoms with van der Waals surface area (Å²) in [7, 11) is 0. The fourth-order valence-corrected chi connectivity index (χ4v) is 1.06. The molecule has 0 unspecified atom stereocenters. The van der Waals surface area contributed by atoms with Crippen LogP contribution in [0.3, 0.4) is 0 Å². The molecule has 0 rings (SSSR count). The summed E-state index contributed by atoms with van der Waals surface area (Å²) in [5.74, 6) is -0.329. The molecule has 0 radical (unpaired) electrons. The van der Waals surface area contributed by atoms with Gasteiger partial charge in [-0.1, -0.05) is 6.92 Å². The third kappa shape index (κ3) is 7.23. The molecule has 0 aromatic carbocycles. The Morgan fingerprint density at radius 3 is 2.25 bits per heavy atom. The average Bonchev–Trinajstić information content (AvgIpc) is 2.23. The first-order valence-electron chi connectivity index (χ1n) is 5.60. The summed E-state index contributed by atoms with van der Waals surface area (Å²) < 4.78 is 0. The van der Waals surface area contributed by atoms with Crippen molar-refractivity contribution in [3.63, 3.8) is 0 Å². The highest BCUT2D eigenvalue weighted by molar-refractivity contribution is 5.83. The van der Waals surface area contributed by atoms with Gasteiger partial charge >= 0.3 is 0 Å². The summed E-state index contributed by atoms with van der Waals surface area (Å²) in [6.45, 7) is 5.93. The fourth-order valence-electron chi connectivity index (χ4n) is 1.06. The van der Waals surface area contributed by atoms with E-state index in [0.29, 0.717) is 6.54 Å². The SMILES string of the molecule is CCCNC(=O)CCC(=O)NC(C)(C)CO. The van der Waals surface area contributed by atoms with E-state index in [0.717, 1.165) is 6.42 Å². The Bertz CT molecular complexity index is 239. The number of aliphatic hydroxyl groups is 1. The van der Waals surface area contributed by atoms with E-state index >= 15 is 0 Å². The lowest BCUT2D eigenvalue weighted by molar-refractivity contribution is -0.127. The highest BCUT2D eigenvalue weighted by atomic mass is 16.3. The summed E-state index contributed by atoms with van der Waals surface area (Å²) in [4.78, 5) is 22.6. The molecule has 0 aromatic rings. The molecule has 0 spiro atoms. The predicted octanol–water partition coefficient (Wildman–Crippen LogP) is 0.180. The number of carbonyl (C=O) groups excluding carboxylic acids is 2. The Morgan fingerprint density at radius 1 is 1.19 bits per heavy atom. The number of carbonyl (C=O) groups is 2. The van der Waals surface area contributed by atoms with Crippen LogP contribution in [0.25, 0.3) is 0 Å². The van der Waals surface area contributed by atoms with Crippen molar-refractivity contribution in [1.29, 1.82) is 0 Å². The second-order valence-corrected chi connectivity index (χ2v) is 4.44. The smallest absolute Gasteiger partial charge is 0.221 e. The number of aliphatic hydroxyl groups excluding tert-OH is 1. The molecule has 16 heavy (non-hydrogen) atoms. The number of hydrogen-bond acceptors (Lipinski definition) is 3. The van der Waals surface area contributed by atoms with E-state index in [-0.39, 0.29) is 31.3 Å². The highest BCUT2D eigenvalue weighted by Gasteiger charge is 2.19. The normalized spacial score (nSPS) is 11.0. The van der Waals surface area contributed by atoms with Gasteiger partial charge < -0.3 is 15.7 Å². The first-order chi connectivity index (χ1) is 7.41. The molecular formula is C11H22N2O3. The van der Waals surface area contributed by atoms with Crippen LogP contribution in [0.2, 0.25) is 0 Å². The highest BCUT2D eigenvalue weighted by Crippen LogP contribution is 2.01. The second-order valence-electron chi connectivity index (χ2n) is 4.44. The monoisotopic (exact) mass is 230 g/mol. The lowest BCUT2D eigenvalue weighted by Crippen LogP contribution is -2.46. The molecule has 0 saturated heterocycles. The number of rotatable bonds is 7. The van der Waals surface area contributed by atoms with E-state index in [9.17, 15) is 9.59 Å². The molecule has 0 aromatic heterocycles. The van der Waals surface area contributed by atoms with Gasteiger partial charge in [-0.3, -0.25) is 9.59 Å². The third-order valence-electron chi connectivity index (χ3n) is 2.02. The van der Waals surface area contributed by atoms with Crippen LogP contribution in [-0.4, -0.2) is 35.6 Å². The van der Waals surface area contributed by atoms with Gasteiger partial charge in [0.2, 0.25) is 11.8 Å². The Balaban J connectivity index is 3.77. The number of amides is 2. The number of hydrogen-bond donors (Lipinski definition) is 3. The van der Waals surface area contributed by atoms with Crippen molar-refractivity contribution in [3.8, 4) is 0 Å². The predicted molar refractivity (Wildman–Crippen MR) is 61.8 cm³/mol. The fraction of sp³-hybridized carbons (Fsp3) is 0.818. The average molecular weight is 230 g/mol. The van der Waals surface area contributed by atoms with Crippen molar-refractivity contribution in [2.45, 2.75) is 45.6 Å². The lowest BCUT2D eigenvalue weighted by atomic mass is 10.1. The molecule has 0 bridgehead atoms. The topological polar surface area (TPSA) is 78.4 Å². The van der Waals surface area contributed by atoms with E-state index in [1.807, 2.05) is 6.92 Å². The minimum Gasteiger partial charge on any atom is -0.394 e. The molecular weight excluding hydrogens is 208 g/mol. The summed E-state index contributed by atoms with van der Waals surface area (Å²) >= 11 is 0. The van der Waals surface area contributed by atoms with Crippen molar-refractivity contribution in [2.75, 3.05) is 13.2 Å². The summed E-state index contributed by atoms with van der Waals surface area (Å²) in [5.41, 5.74) is -0.628. The Hall–Kier alpha value is -1.10. The van der Waals surface area contributed by atoms with Crippen LogP contribution >= 0.6 is 0 Å². The molecule has 0 fully saturated rings. The maximum atomic E-state index is 11.4. The standard InChI is InChI=1S/C11H22N2O3/c1-4-7-12-9(15)5-6-10(16)13-11(2,3)8-14/h14H,4-8H2,1-3H3,(H,12,15)(H,13,16). The van der Waals surface area contributed by atoms with E-state index in [2.05, 4.69) is 10.6 Å². The van der Waals surface area contributed by atoms with E-state index in [4.69, 9.17) is 5.11 Å². The van der Waals surface area contributed by atoms with Gasteiger partial charge in [0.25, 0.3) is 0 Å². The van der Waals surface area contributed by atoms with Gasteiger partial charge in [0.05, 0.1) is 12.1 Å². The molecule has 0 heterocycles. The first kappa shape index (κ1) is 14.9. The Kier molecular flexibility index (Phi) is 6.72. The van der Waals surface area contributed by atoms with Crippen LogP contribution in [0.4, 0.5) is 0 Å². The third-order valence-corrected chi connectivity index (χ3v) is 2.02. The van der Waals surface area contributed by atoms with E-state index < -0.39 is 5.54 Å². The van der Waals surface area contributed by atoms with Crippen LogP contribution < -0.4 is 10.6 Å². The van der Waals surface area contributed by atoms with Crippen molar-refractivity contribution in [3.05, 3.63) is 0 Å². The molecule has 5 nitrogen and oxygen atoms in total. The molecule has 0 atom stereocenters. The van der Waals surface area contributed by atoms with Crippen LogP contribution in [0.1, 0.15) is 40.0 Å². The zero-order chi connectivity index (χ0) is 12.6. The van der Waals surface area contributed by atoms with Crippen molar-refractivity contribution >= 4 is 11.8 Å². The van der Waals surface area contributed by atoms with Gasteiger partial charge in [-0.05, 0) is 20.3 Å².